The number of nitrogens with one attached hydrogen (secondary N) is 2. The highest BCUT2D eigenvalue weighted by Crippen LogP contribution is 2.22. The van der Waals surface area contributed by atoms with Gasteiger partial charge in [-0.2, -0.15) is 0 Å². The minimum absolute atomic E-state index is 0.0138. The maximum absolute atomic E-state index is 12.3. The average Bonchev–Trinajstić information content (AvgIpc) is 3.20. The van der Waals surface area contributed by atoms with Crippen molar-refractivity contribution in [2.75, 3.05) is 0 Å². The lowest BCUT2D eigenvalue weighted by atomic mass is 10.2. The minimum atomic E-state index is -1.19. The van der Waals surface area contributed by atoms with Crippen molar-refractivity contribution in [3.8, 4) is 0 Å². The third-order valence-electron chi connectivity index (χ3n) is 3.60. The Balaban J connectivity index is 1.54. The lowest BCUT2D eigenvalue weighted by Crippen LogP contribution is -2.44. The summed E-state index contributed by atoms with van der Waals surface area (Å²) in [7, 11) is 0. The van der Waals surface area contributed by atoms with Gasteiger partial charge >= 0.3 is 12.0 Å². The number of ether oxygens (including phenoxy) is 1. The van der Waals surface area contributed by atoms with Crippen LogP contribution in [0.25, 0.3) is 4.96 Å². The highest BCUT2D eigenvalue weighted by molar-refractivity contribution is 7.15. The van der Waals surface area contributed by atoms with Crippen molar-refractivity contribution in [2.24, 2.45) is 0 Å². The molecule has 0 aliphatic heterocycles. The molecule has 0 spiro atoms. The molecule has 8 nitrogen and oxygen atoms in total. The van der Waals surface area contributed by atoms with Crippen LogP contribution < -0.4 is 10.6 Å². The number of amides is 3. The fourth-order valence-electron chi connectivity index (χ4n) is 2.25. The normalized spacial score (nSPS) is 11.8. The molecule has 27 heavy (non-hydrogen) atoms. The molecular formula is C17H15ClN4O4S. The molecule has 0 bridgehead atoms. The van der Waals surface area contributed by atoms with E-state index in [1.165, 1.54) is 22.7 Å². The molecule has 0 fully saturated rings. The molecule has 0 aliphatic rings. The van der Waals surface area contributed by atoms with Crippen molar-refractivity contribution in [2.45, 2.75) is 19.6 Å². The number of imidazole rings is 1. The van der Waals surface area contributed by atoms with Crippen molar-refractivity contribution in [3.63, 3.8) is 0 Å². The highest BCUT2D eigenvalue weighted by Gasteiger charge is 2.25. The van der Waals surface area contributed by atoms with Crippen LogP contribution in [-0.2, 0) is 16.1 Å². The molecular weight excluding hydrogens is 392 g/mol. The fraction of sp³-hybridized carbons (Fsp3) is 0.176. The van der Waals surface area contributed by atoms with Gasteiger partial charge in [0.05, 0.1) is 0 Å². The summed E-state index contributed by atoms with van der Waals surface area (Å²) in [5, 5.41) is 6.40. The van der Waals surface area contributed by atoms with Gasteiger partial charge in [-0.15, -0.1) is 11.3 Å². The van der Waals surface area contributed by atoms with Crippen molar-refractivity contribution in [3.05, 3.63) is 58.3 Å². The molecule has 3 aromatic rings. The zero-order valence-corrected chi connectivity index (χ0v) is 15.7. The molecule has 0 saturated heterocycles. The lowest BCUT2D eigenvalue weighted by Gasteiger charge is -2.13. The van der Waals surface area contributed by atoms with Crippen LogP contribution in [-0.4, -0.2) is 33.4 Å². The third kappa shape index (κ3) is 4.44. The predicted octanol–water partition coefficient (Wildman–Crippen LogP) is 2.62. The number of imide groups is 1. The summed E-state index contributed by atoms with van der Waals surface area (Å²) in [5.41, 5.74) is 0.913. The van der Waals surface area contributed by atoms with E-state index in [2.05, 4.69) is 15.6 Å². The Labute approximate surface area is 163 Å². The smallest absolute Gasteiger partial charge is 0.359 e. The molecule has 0 saturated carbocycles. The van der Waals surface area contributed by atoms with E-state index in [9.17, 15) is 14.4 Å². The number of aromatic nitrogens is 2. The first-order valence-electron chi connectivity index (χ1n) is 7.90. The van der Waals surface area contributed by atoms with E-state index in [0.29, 0.717) is 4.96 Å². The number of carbonyl (C=O) groups excluding carboxylic acids is 3. The Kier molecular flexibility index (Phi) is 5.72. The van der Waals surface area contributed by atoms with Crippen molar-refractivity contribution in [1.82, 2.24) is 20.0 Å². The second-order valence-electron chi connectivity index (χ2n) is 5.51. The maximum Gasteiger partial charge on any atom is 0.359 e. The van der Waals surface area contributed by atoms with E-state index in [4.69, 9.17) is 16.3 Å². The molecule has 0 aliphatic carbocycles. The van der Waals surface area contributed by atoms with Crippen LogP contribution in [0.5, 0.6) is 0 Å². The van der Waals surface area contributed by atoms with Gasteiger partial charge in [-0.1, -0.05) is 41.9 Å². The Hall–Kier alpha value is -2.91. The summed E-state index contributed by atoms with van der Waals surface area (Å²) in [6.07, 6.45) is 0.428. The number of rotatable bonds is 5. The minimum Gasteiger partial charge on any atom is -0.448 e. The van der Waals surface area contributed by atoms with Gasteiger partial charge < -0.3 is 10.1 Å². The Morgan fingerprint density at radius 3 is 2.78 bits per heavy atom. The number of nitrogens with zero attached hydrogens (tertiary/aromatic N) is 2. The molecule has 2 N–H and O–H groups in total. The zero-order chi connectivity index (χ0) is 19.4. The first kappa shape index (κ1) is 18.9. The van der Waals surface area contributed by atoms with Crippen molar-refractivity contribution in [1.29, 1.82) is 0 Å². The summed E-state index contributed by atoms with van der Waals surface area (Å²) < 4.78 is 6.59. The van der Waals surface area contributed by atoms with Crippen LogP contribution in [0, 0.1) is 0 Å². The van der Waals surface area contributed by atoms with Gasteiger partial charge in [-0.25, -0.2) is 14.6 Å². The largest absolute Gasteiger partial charge is 0.448 e. The van der Waals surface area contributed by atoms with E-state index in [-0.39, 0.29) is 17.4 Å². The molecule has 1 atom stereocenters. The van der Waals surface area contributed by atoms with Gasteiger partial charge in [-0.3, -0.25) is 14.5 Å². The summed E-state index contributed by atoms with van der Waals surface area (Å²) in [6.45, 7) is 1.62. The first-order valence-corrected chi connectivity index (χ1v) is 9.16. The highest BCUT2D eigenvalue weighted by atomic mass is 35.5. The van der Waals surface area contributed by atoms with Crippen molar-refractivity contribution >= 4 is 45.8 Å². The Morgan fingerprint density at radius 2 is 2.04 bits per heavy atom. The molecule has 140 valence electrons. The SMILES string of the molecule is C[C@@H](OC(=O)c1c(Cl)nc2sccn12)C(=O)NC(=O)NCc1ccccc1. The second kappa shape index (κ2) is 8.19. The van der Waals surface area contributed by atoms with Gasteiger partial charge in [0, 0.05) is 18.1 Å². The van der Waals surface area contributed by atoms with Crippen LogP contribution in [0.15, 0.2) is 41.9 Å². The third-order valence-corrected chi connectivity index (χ3v) is 4.62. The number of hydrogen-bond acceptors (Lipinski definition) is 6. The summed E-state index contributed by atoms with van der Waals surface area (Å²) in [5.74, 6) is -1.56. The number of fused-ring (bicyclic) bond motifs is 1. The standard InChI is InChI=1S/C17H15ClN4O4S/c1-10(14(23)21-16(25)19-9-11-5-3-2-4-6-11)26-15(24)12-13(18)20-17-22(12)7-8-27-17/h2-8,10H,9H2,1H3,(H2,19,21,23,25)/t10-/m1/s1. The predicted molar refractivity (Wildman–Crippen MR) is 99.8 cm³/mol. The van der Waals surface area contributed by atoms with Crippen LogP contribution in [0.2, 0.25) is 5.15 Å². The van der Waals surface area contributed by atoms with E-state index >= 15 is 0 Å². The number of hydrogen-bond donors (Lipinski definition) is 2. The van der Waals surface area contributed by atoms with Gasteiger partial charge in [0.15, 0.2) is 21.9 Å². The lowest BCUT2D eigenvalue weighted by molar-refractivity contribution is -0.127. The topological polar surface area (TPSA) is 102 Å². The monoisotopic (exact) mass is 406 g/mol. The second-order valence-corrected chi connectivity index (χ2v) is 6.74. The van der Waals surface area contributed by atoms with E-state index in [0.717, 1.165) is 5.56 Å². The molecule has 10 heteroatoms. The van der Waals surface area contributed by atoms with Gasteiger partial charge in [0.2, 0.25) is 0 Å². The van der Waals surface area contributed by atoms with Crippen molar-refractivity contribution < 1.29 is 19.1 Å². The molecule has 3 rings (SSSR count). The molecule has 1 aromatic carbocycles. The number of carbonyl (C=O) groups is 3. The summed E-state index contributed by atoms with van der Waals surface area (Å²) in [4.78, 5) is 40.8. The van der Waals surface area contributed by atoms with E-state index in [1.54, 1.807) is 11.6 Å². The van der Waals surface area contributed by atoms with Gasteiger partial charge in [0.1, 0.15) is 0 Å². The summed E-state index contributed by atoms with van der Waals surface area (Å²) in [6, 6.07) is 8.54. The molecule has 2 aromatic heterocycles. The Bertz CT molecular complexity index is 985. The van der Waals surface area contributed by atoms with Gasteiger partial charge in [0.25, 0.3) is 5.91 Å². The Morgan fingerprint density at radius 1 is 1.30 bits per heavy atom. The number of halogens is 1. The first-order chi connectivity index (χ1) is 13.0. The van der Waals surface area contributed by atoms with Crippen LogP contribution in [0.1, 0.15) is 23.0 Å². The van der Waals surface area contributed by atoms with Crippen LogP contribution >= 0.6 is 22.9 Å². The molecule has 0 unspecified atom stereocenters. The zero-order valence-electron chi connectivity index (χ0n) is 14.1. The van der Waals surface area contributed by atoms with Crippen LogP contribution in [0.4, 0.5) is 4.79 Å². The number of benzene rings is 1. The number of urea groups is 1. The quantitative estimate of drug-likeness (QED) is 0.634. The number of esters is 1. The van der Waals surface area contributed by atoms with E-state index < -0.39 is 24.0 Å². The van der Waals surface area contributed by atoms with Gasteiger partial charge in [-0.05, 0) is 12.5 Å². The average molecular weight is 407 g/mol. The molecule has 0 radical (unpaired) electrons. The maximum atomic E-state index is 12.3. The van der Waals surface area contributed by atoms with Crippen LogP contribution in [0.3, 0.4) is 0 Å². The summed E-state index contributed by atoms with van der Waals surface area (Å²) >= 11 is 7.26. The number of thiazole rings is 1. The molecule has 3 amide bonds. The fourth-order valence-corrected chi connectivity index (χ4v) is 3.26. The van der Waals surface area contributed by atoms with E-state index in [1.807, 2.05) is 30.3 Å². The molecule has 2 heterocycles.